The minimum Gasteiger partial charge on any atom is -0.233 e. The lowest BCUT2D eigenvalue weighted by atomic mass is 10.1. The minimum atomic E-state index is -0.729. The zero-order chi connectivity index (χ0) is 11.0. The van der Waals surface area contributed by atoms with E-state index in [9.17, 15) is 8.78 Å². The van der Waals surface area contributed by atoms with Crippen LogP contribution in [0.3, 0.4) is 0 Å². The Morgan fingerprint density at radius 2 is 1.93 bits per heavy atom. The first-order valence-electron chi connectivity index (χ1n) is 4.12. The number of aromatic nitrogens is 1. The summed E-state index contributed by atoms with van der Waals surface area (Å²) in [6.07, 6.45) is 0. The van der Waals surface area contributed by atoms with Crippen LogP contribution in [0.25, 0.3) is 10.9 Å². The van der Waals surface area contributed by atoms with E-state index >= 15 is 0 Å². The van der Waals surface area contributed by atoms with E-state index in [2.05, 4.69) is 4.98 Å². The van der Waals surface area contributed by atoms with Crippen LogP contribution in [-0.4, -0.2) is 4.98 Å². The zero-order valence-electron chi connectivity index (χ0n) is 7.40. The highest BCUT2D eigenvalue weighted by atomic mass is 35.5. The summed E-state index contributed by atoms with van der Waals surface area (Å²) in [4.78, 5) is 3.83. The molecule has 0 aliphatic carbocycles. The van der Waals surface area contributed by atoms with Gasteiger partial charge in [-0.2, -0.15) is 0 Å². The second-order valence-corrected chi connectivity index (χ2v) is 3.66. The Hall–Kier alpha value is -0.930. The highest BCUT2D eigenvalue weighted by Gasteiger charge is 2.09. The van der Waals surface area contributed by atoms with E-state index in [1.807, 2.05) is 0 Å². The molecule has 78 valence electrons. The molecule has 0 atom stereocenters. The standard InChI is InChI=1S/C10H5Cl2F2N/c11-4-6-1-5-2-7(13)3-8(14)9(5)15-10(6)12/h1-3H,4H2. The van der Waals surface area contributed by atoms with Gasteiger partial charge >= 0.3 is 0 Å². The predicted octanol–water partition coefficient (Wildman–Crippen LogP) is 3.91. The largest absolute Gasteiger partial charge is 0.233 e. The Kier molecular flexibility index (Phi) is 2.76. The molecule has 1 aromatic carbocycles. The summed E-state index contributed by atoms with van der Waals surface area (Å²) in [5, 5.41) is 0.496. The highest BCUT2D eigenvalue weighted by molar-refractivity contribution is 6.31. The van der Waals surface area contributed by atoms with Crippen LogP contribution in [-0.2, 0) is 5.88 Å². The molecule has 0 unspecified atom stereocenters. The van der Waals surface area contributed by atoms with Gasteiger partial charge in [-0.05, 0) is 12.1 Å². The monoisotopic (exact) mass is 247 g/mol. The average Bonchev–Trinajstić information content (AvgIpc) is 2.18. The van der Waals surface area contributed by atoms with Crippen molar-refractivity contribution in [1.29, 1.82) is 0 Å². The number of hydrogen-bond acceptors (Lipinski definition) is 1. The maximum Gasteiger partial charge on any atom is 0.152 e. The molecule has 0 N–H and O–H groups in total. The molecule has 0 bridgehead atoms. The van der Waals surface area contributed by atoms with Crippen LogP contribution in [0.5, 0.6) is 0 Å². The minimum absolute atomic E-state index is 0.0512. The molecule has 0 saturated heterocycles. The van der Waals surface area contributed by atoms with Crippen LogP contribution in [0.1, 0.15) is 5.56 Å². The summed E-state index contributed by atoms with van der Waals surface area (Å²) in [5.74, 6) is -1.22. The Balaban J connectivity index is 2.81. The molecule has 0 spiro atoms. The molecule has 5 heteroatoms. The third-order valence-corrected chi connectivity index (χ3v) is 2.62. The Morgan fingerprint density at radius 1 is 1.20 bits per heavy atom. The SMILES string of the molecule is Fc1cc(F)c2nc(Cl)c(CCl)cc2c1. The first kappa shape index (κ1) is 10.6. The van der Waals surface area contributed by atoms with Crippen molar-refractivity contribution < 1.29 is 8.78 Å². The van der Waals surface area contributed by atoms with E-state index < -0.39 is 11.6 Å². The quantitative estimate of drug-likeness (QED) is 0.550. The van der Waals surface area contributed by atoms with Crippen LogP contribution in [0, 0.1) is 11.6 Å². The topological polar surface area (TPSA) is 12.9 Å². The summed E-state index contributed by atoms with van der Waals surface area (Å²) >= 11 is 11.4. The zero-order valence-corrected chi connectivity index (χ0v) is 8.91. The molecule has 0 saturated carbocycles. The second-order valence-electron chi connectivity index (χ2n) is 3.03. The van der Waals surface area contributed by atoms with Crippen LogP contribution in [0.15, 0.2) is 18.2 Å². The number of hydrogen-bond donors (Lipinski definition) is 0. The van der Waals surface area contributed by atoms with Gasteiger partial charge in [0.25, 0.3) is 0 Å². The summed E-state index contributed by atoms with van der Waals surface area (Å²) in [6, 6.07) is 3.49. The number of nitrogens with zero attached hydrogens (tertiary/aromatic N) is 1. The summed E-state index contributed by atoms with van der Waals surface area (Å²) in [5.41, 5.74) is 0.603. The van der Waals surface area contributed by atoms with Gasteiger partial charge < -0.3 is 0 Å². The van der Waals surface area contributed by atoms with Gasteiger partial charge in [-0.3, -0.25) is 0 Å². The third kappa shape index (κ3) is 1.90. The molecule has 1 heterocycles. The molecule has 1 aromatic heterocycles. The van der Waals surface area contributed by atoms with Crippen molar-refractivity contribution in [2.24, 2.45) is 0 Å². The van der Waals surface area contributed by atoms with E-state index in [0.29, 0.717) is 10.9 Å². The third-order valence-electron chi connectivity index (χ3n) is 2.01. The number of alkyl halides is 1. The highest BCUT2D eigenvalue weighted by Crippen LogP contribution is 2.24. The van der Waals surface area contributed by atoms with Gasteiger partial charge in [0.05, 0.1) is 5.88 Å². The Bertz CT molecular complexity index is 528. The molecule has 1 nitrogen and oxygen atoms in total. The molecule has 0 aliphatic rings. The fourth-order valence-electron chi connectivity index (χ4n) is 1.32. The van der Waals surface area contributed by atoms with Crippen molar-refractivity contribution in [3.63, 3.8) is 0 Å². The van der Waals surface area contributed by atoms with Crippen molar-refractivity contribution in [2.75, 3.05) is 0 Å². The van der Waals surface area contributed by atoms with Gasteiger partial charge in [-0.1, -0.05) is 11.6 Å². The summed E-state index contributed by atoms with van der Waals surface area (Å²) in [7, 11) is 0. The van der Waals surface area contributed by atoms with Crippen LogP contribution in [0.4, 0.5) is 8.78 Å². The van der Waals surface area contributed by atoms with Gasteiger partial charge in [-0.15, -0.1) is 11.6 Å². The molecule has 2 aromatic rings. The fraction of sp³-hybridized carbons (Fsp3) is 0.100. The first-order valence-corrected chi connectivity index (χ1v) is 5.03. The van der Waals surface area contributed by atoms with Gasteiger partial charge in [0.2, 0.25) is 0 Å². The Labute approximate surface area is 94.6 Å². The van der Waals surface area contributed by atoms with Crippen molar-refractivity contribution in [2.45, 2.75) is 5.88 Å². The van der Waals surface area contributed by atoms with E-state index in [1.165, 1.54) is 12.1 Å². The molecule has 15 heavy (non-hydrogen) atoms. The number of benzene rings is 1. The van der Waals surface area contributed by atoms with Crippen molar-refractivity contribution in [3.05, 3.63) is 40.6 Å². The maximum atomic E-state index is 13.3. The number of pyridine rings is 1. The molecule has 0 fully saturated rings. The van der Waals surface area contributed by atoms with Gasteiger partial charge in [-0.25, -0.2) is 13.8 Å². The van der Waals surface area contributed by atoms with E-state index in [1.54, 1.807) is 0 Å². The normalized spacial score (nSPS) is 10.9. The van der Waals surface area contributed by atoms with Gasteiger partial charge in [0.15, 0.2) is 5.82 Å². The molecular weight excluding hydrogens is 243 g/mol. The lowest BCUT2D eigenvalue weighted by molar-refractivity contribution is 0.590. The molecule has 0 amide bonds. The van der Waals surface area contributed by atoms with Crippen molar-refractivity contribution >= 4 is 34.1 Å². The van der Waals surface area contributed by atoms with Crippen LogP contribution in [0.2, 0.25) is 5.15 Å². The van der Waals surface area contributed by atoms with Gasteiger partial charge in [0.1, 0.15) is 16.5 Å². The fourth-order valence-corrected chi connectivity index (χ4v) is 1.80. The number of rotatable bonds is 1. The number of halogens is 4. The summed E-state index contributed by atoms with van der Waals surface area (Å²) < 4.78 is 26.2. The number of fused-ring (bicyclic) bond motifs is 1. The molecule has 2 rings (SSSR count). The Morgan fingerprint density at radius 3 is 2.60 bits per heavy atom. The second kappa shape index (κ2) is 3.91. The lowest BCUT2D eigenvalue weighted by Gasteiger charge is -2.03. The summed E-state index contributed by atoms with van der Waals surface area (Å²) in [6.45, 7) is 0. The maximum absolute atomic E-state index is 13.3. The average molecular weight is 248 g/mol. The molecule has 0 radical (unpaired) electrons. The van der Waals surface area contributed by atoms with E-state index in [0.717, 1.165) is 6.07 Å². The van der Waals surface area contributed by atoms with Crippen LogP contribution >= 0.6 is 23.2 Å². The van der Waals surface area contributed by atoms with Crippen molar-refractivity contribution in [1.82, 2.24) is 4.98 Å². The molecule has 0 aliphatic heterocycles. The van der Waals surface area contributed by atoms with E-state index in [4.69, 9.17) is 23.2 Å². The smallest absolute Gasteiger partial charge is 0.152 e. The predicted molar refractivity (Wildman–Crippen MR) is 56.2 cm³/mol. The van der Waals surface area contributed by atoms with E-state index in [-0.39, 0.29) is 16.5 Å². The van der Waals surface area contributed by atoms with Crippen molar-refractivity contribution in [3.8, 4) is 0 Å². The first-order chi connectivity index (χ1) is 7.11. The van der Waals surface area contributed by atoms with Gasteiger partial charge in [0, 0.05) is 17.0 Å². The molecular formula is C10H5Cl2F2N. The lowest BCUT2D eigenvalue weighted by Crippen LogP contribution is -1.91. The van der Waals surface area contributed by atoms with Crippen LogP contribution < -0.4 is 0 Å².